The number of aryl methyl sites for hydroxylation is 1. The fraction of sp³-hybridized carbons (Fsp3) is 0.562. The topological polar surface area (TPSA) is 53.1 Å². The molecule has 0 amide bonds. The summed E-state index contributed by atoms with van der Waals surface area (Å²) < 4.78 is 0. The summed E-state index contributed by atoms with van der Waals surface area (Å²) in [4.78, 5) is 2.45. The van der Waals surface area contributed by atoms with Crippen LogP contribution in [0.2, 0.25) is 0 Å². The molecule has 0 atom stereocenters. The van der Waals surface area contributed by atoms with E-state index in [2.05, 4.69) is 24.8 Å². The molecular formula is C16H25N3. The molecule has 1 aromatic rings. The number of hydrogen-bond donors (Lipinski definition) is 2. The zero-order valence-corrected chi connectivity index (χ0v) is 12.1. The van der Waals surface area contributed by atoms with Crippen molar-refractivity contribution >= 4 is 11.5 Å². The van der Waals surface area contributed by atoms with Crippen molar-refractivity contribution in [2.24, 2.45) is 5.73 Å². The Hall–Kier alpha value is -1.51. The number of benzene rings is 1. The number of hydrogen-bond acceptors (Lipinski definition) is 2. The van der Waals surface area contributed by atoms with Crippen molar-refractivity contribution < 1.29 is 0 Å². The minimum atomic E-state index is 0.171. The zero-order valence-electron chi connectivity index (χ0n) is 12.1. The second-order valence-electron chi connectivity index (χ2n) is 5.51. The van der Waals surface area contributed by atoms with Gasteiger partial charge in [-0.2, -0.15) is 0 Å². The third-order valence-electron chi connectivity index (χ3n) is 4.11. The summed E-state index contributed by atoms with van der Waals surface area (Å²) in [5, 5.41) is 7.78. The van der Waals surface area contributed by atoms with Gasteiger partial charge >= 0.3 is 0 Å². The van der Waals surface area contributed by atoms with Crippen molar-refractivity contribution in [3.8, 4) is 0 Å². The van der Waals surface area contributed by atoms with Gasteiger partial charge in [-0.05, 0) is 44.4 Å². The molecule has 0 bridgehead atoms. The molecule has 1 saturated carbocycles. The first-order valence-corrected chi connectivity index (χ1v) is 7.35. The molecule has 0 saturated heterocycles. The molecule has 3 nitrogen and oxygen atoms in total. The third kappa shape index (κ3) is 3.09. The van der Waals surface area contributed by atoms with Crippen LogP contribution in [-0.4, -0.2) is 18.4 Å². The SMILES string of the molecule is CCN(c1cc(C)ccc1C(=N)N)C1CCCCC1. The zero-order chi connectivity index (χ0) is 13.8. The van der Waals surface area contributed by atoms with Crippen molar-refractivity contribution in [2.45, 2.75) is 52.0 Å². The number of amidine groups is 1. The number of nitrogens with one attached hydrogen (secondary N) is 1. The smallest absolute Gasteiger partial charge is 0.124 e. The summed E-state index contributed by atoms with van der Waals surface area (Å²) in [6, 6.07) is 6.81. The van der Waals surface area contributed by atoms with E-state index in [4.69, 9.17) is 11.1 Å². The first kappa shape index (κ1) is 13.9. The Bertz CT molecular complexity index is 447. The van der Waals surface area contributed by atoms with E-state index in [1.54, 1.807) is 0 Å². The number of nitrogens with zero attached hydrogens (tertiary/aromatic N) is 1. The van der Waals surface area contributed by atoms with E-state index >= 15 is 0 Å². The van der Waals surface area contributed by atoms with Crippen LogP contribution in [0.4, 0.5) is 5.69 Å². The summed E-state index contributed by atoms with van der Waals surface area (Å²) in [5.74, 6) is 0.171. The fourth-order valence-electron chi connectivity index (χ4n) is 3.13. The quantitative estimate of drug-likeness (QED) is 0.643. The van der Waals surface area contributed by atoms with Crippen LogP contribution in [0.25, 0.3) is 0 Å². The van der Waals surface area contributed by atoms with Crippen molar-refractivity contribution in [3.63, 3.8) is 0 Å². The Morgan fingerprint density at radius 1 is 1.32 bits per heavy atom. The van der Waals surface area contributed by atoms with E-state index in [1.165, 1.54) is 37.7 Å². The highest BCUT2D eigenvalue weighted by molar-refractivity contribution is 6.00. The molecule has 1 aliphatic rings. The van der Waals surface area contributed by atoms with E-state index < -0.39 is 0 Å². The summed E-state index contributed by atoms with van der Waals surface area (Å²) in [5.41, 5.74) is 8.99. The Labute approximate surface area is 116 Å². The van der Waals surface area contributed by atoms with E-state index in [0.29, 0.717) is 6.04 Å². The molecule has 0 spiro atoms. The number of anilines is 1. The van der Waals surface area contributed by atoms with Gasteiger partial charge in [-0.3, -0.25) is 5.41 Å². The number of rotatable bonds is 4. The monoisotopic (exact) mass is 259 g/mol. The lowest BCUT2D eigenvalue weighted by molar-refractivity contribution is 0.418. The average Bonchev–Trinajstić information content (AvgIpc) is 2.40. The van der Waals surface area contributed by atoms with Crippen LogP contribution in [-0.2, 0) is 0 Å². The Balaban J connectivity index is 2.35. The summed E-state index contributed by atoms with van der Waals surface area (Å²) in [7, 11) is 0. The van der Waals surface area contributed by atoms with E-state index in [9.17, 15) is 0 Å². The van der Waals surface area contributed by atoms with Gasteiger partial charge in [0.25, 0.3) is 0 Å². The molecule has 19 heavy (non-hydrogen) atoms. The normalized spacial score (nSPS) is 16.3. The molecule has 3 N–H and O–H groups in total. The molecule has 0 aliphatic heterocycles. The number of nitrogen functional groups attached to an aromatic ring is 1. The maximum Gasteiger partial charge on any atom is 0.124 e. The van der Waals surface area contributed by atoms with Crippen molar-refractivity contribution in [1.82, 2.24) is 0 Å². The summed E-state index contributed by atoms with van der Waals surface area (Å²) in [6.45, 7) is 5.28. The predicted octanol–water partition coefficient (Wildman–Crippen LogP) is 3.44. The second-order valence-corrected chi connectivity index (χ2v) is 5.51. The van der Waals surface area contributed by atoms with Crippen molar-refractivity contribution in [3.05, 3.63) is 29.3 Å². The highest BCUT2D eigenvalue weighted by Crippen LogP contribution is 2.30. The van der Waals surface area contributed by atoms with Gasteiger partial charge in [0.15, 0.2) is 0 Å². The molecule has 3 heteroatoms. The molecule has 1 fully saturated rings. The Morgan fingerprint density at radius 2 is 2.00 bits per heavy atom. The van der Waals surface area contributed by atoms with Crippen LogP contribution in [0.5, 0.6) is 0 Å². The average molecular weight is 259 g/mol. The minimum absolute atomic E-state index is 0.171. The van der Waals surface area contributed by atoms with Crippen molar-refractivity contribution in [2.75, 3.05) is 11.4 Å². The Kier molecular flexibility index (Phi) is 4.46. The molecule has 0 radical (unpaired) electrons. The molecule has 104 valence electrons. The van der Waals surface area contributed by atoms with Gasteiger partial charge in [0.1, 0.15) is 5.84 Å². The van der Waals surface area contributed by atoms with E-state index in [1.807, 2.05) is 12.1 Å². The van der Waals surface area contributed by atoms with Crippen LogP contribution >= 0.6 is 0 Å². The molecule has 0 unspecified atom stereocenters. The van der Waals surface area contributed by atoms with Crippen LogP contribution in [0.1, 0.15) is 50.2 Å². The van der Waals surface area contributed by atoms with Gasteiger partial charge in [-0.25, -0.2) is 0 Å². The maximum atomic E-state index is 7.78. The lowest BCUT2D eigenvalue weighted by Crippen LogP contribution is -2.38. The van der Waals surface area contributed by atoms with Gasteiger partial charge in [0, 0.05) is 23.8 Å². The Morgan fingerprint density at radius 3 is 2.58 bits per heavy atom. The molecule has 2 rings (SSSR count). The molecule has 1 aliphatic carbocycles. The van der Waals surface area contributed by atoms with Gasteiger partial charge in [0.2, 0.25) is 0 Å². The third-order valence-corrected chi connectivity index (χ3v) is 4.11. The van der Waals surface area contributed by atoms with Gasteiger partial charge in [-0.15, -0.1) is 0 Å². The van der Waals surface area contributed by atoms with E-state index in [0.717, 1.165) is 17.8 Å². The first-order valence-electron chi connectivity index (χ1n) is 7.35. The van der Waals surface area contributed by atoms with Crippen molar-refractivity contribution in [1.29, 1.82) is 5.41 Å². The predicted molar refractivity (Wildman–Crippen MR) is 82.1 cm³/mol. The summed E-state index contributed by atoms with van der Waals surface area (Å²) in [6.07, 6.45) is 6.53. The number of nitrogens with two attached hydrogens (primary N) is 1. The maximum absolute atomic E-state index is 7.78. The van der Waals surface area contributed by atoms with Crippen LogP contribution in [0, 0.1) is 12.3 Å². The second kappa shape index (κ2) is 6.09. The summed E-state index contributed by atoms with van der Waals surface area (Å²) >= 11 is 0. The van der Waals surface area contributed by atoms with Gasteiger partial charge in [-0.1, -0.05) is 25.3 Å². The van der Waals surface area contributed by atoms with Crippen LogP contribution in [0.3, 0.4) is 0 Å². The lowest BCUT2D eigenvalue weighted by Gasteiger charge is -2.36. The molecule has 0 heterocycles. The first-order chi connectivity index (χ1) is 9.13. The van der Waals surface area contributed by atoms with Gasteiger partial charge in [0.05, 0.1) is 0 Å². The van der Waals surface area contributed by atoms with Crippen LogP contribution in [0.15, 0.2) is 18.2 Å². The largest absolute Gasteiger partial charge is 0.384 e. The highest BCUT2D eigenvalue weighted by atomic mass is 15.2. The lowest BCUT2D eigenvalue weighted by atomic mass is 9.93. The molecule has 0 aromatic heterocycles. The van der Waals surface area contributed by atoms with Gasteiger partial charge < -0.3 is 10.6 Å². The highest BCUT2D eigenvalue weighted by Gasteiger charge is 2.22. The fourth-order valence-corrected chi connectivity index (χ4v) is 3.13. The molecular weight excluding hydrogens is 234 g/mol. The standard InChI is InChI=1S/C16H25N3/c1-3-19(13-7-5-4-6-8-13)15-11-12(2)9-10-14(15)16(17)18/h9-11,13H,3-8H2,1-2H3,(H3,17,18). The minimum Gasteiger partial charge on any atom is -0.384 e. The van der Waals surface area contributed by atoms with E-state index in [-0.39, 0.29) is 5.84 Å². The van der Waals surface area contributed by atoms with Crippen LogP contribution < -0.4 is 10.6 Å². The molecule has 1 aromatic carbocycles.